The molecular formula is C10H14N4. The van der Waals surface area contributed by atoms with Gasteiger partial charge in [0.05, 0.1) is 6.04 Å². The molecule has 0 bridgehead atoms. The van der Waals surface area contributed by atoms with Gasteiger partial charge in [-0.15, -0.1) is 6.42 Å². The van der Waals surface area contributed by atoms with E-state index in [0.29, 0.717) is 5.95 Å². The smallest absolute Gasteiger partial charge is 0.219 e. The van der Waals surface area contributed by atoms with Gasteiger partial charge in [-0.1, -0.05) is 5.92 Å². The molecule has 14 heavy (non-hydrogen) atoms. The predicted octanol–water partition coefficient (Wildman–Crippen LogP) is 0.512. The molecule has 2 N–H and O–H groups in total. The SMILES string of the molecule is C#CC(C)N(C)Cc1cnc(N)nc1. The number of nitrogens with zero attached hydrogens (tertiary/aromatic N) is 3. The van der Waals surface area contributed by atoms with Gasteiger partial charge in [-0.25, -0.2) is 9.97 Å². The molecule has 0 aliphatic heterocycles. The Labute approximate surface area is 84.2 Å². The lowest BCUT2D eigenvalue weighted by molar-refractivity contribution is 0.296. The monoisotopic (exact) mass is 190 g/mol. The molecule has 1 atom stereocenters. The van der Waals surface area contributed by atoms with Gasteiger partial charge in [0.1, 0.15) is 0 Å². The number of rotatable bonds is 3. The summed E-state index contributed by atoms with van der Waals surface area (Å²) in [4.78, 5) is 9.85. The molecule has 1 unspecified atom stereocenters. The highest BCUT2D eigenvalue weighted by molar-refractivity contribution is 5.17. The molecule has 1 heterocycles. The van der Waals surface area contributed by atoms with Crippen molar-refractivity contribution >= 4 is 5.95 Å². The van der Waals surface area contributed by atoms with E-state index in [9.17, 15) is 0 Å². The van der Waals surface area contributed by atoms with Gasteiger partial charge in [0.25, 0.3) is 0 Å². The highest BCUT2D eigenvalue weighted by atomic mass is 15.1. The van der Waals surface area contributed by atoms with E-state index < -0.39 is 0 Å². The maximum absolute atomic E-state index is 5.38. The zero-order valence-electron chi connectivity index (χ0n) is 8.44. The minimum Gasteiger partial charge on any atom is -0.368 e. The van der Waals surface area contributed by atoms with Crippen LogP contribution in [0.2, 0.25) is 0 Å². The van der Waals surface area contributed by atoms with Crippen LogP contribution >= 0.6 is 0 Å². The summed E-state index contributed by atoms with van der Waals surface area (Å²) in [6.45, 7) is 2.70. The number of aromatic nitrogens is 2. The lowest BCUT2D eigenvalue weighted by Crippen LogP contribution is -2.27. The van der Waals surface area contributed by atoms with Crippen LogP contribution in [0.15, 0.2) is 12.4 Å². The molecule has 0 saturated heterocycles. The molecular weight excluding hydrogens is 176 g/mol. The molecule has 0 aliphatic carbocycles. The molecule has 0 aromatic carbocycles. The first-order chi connectivity index (χ1) is 6.63. The fourth-order valence-electron chi connectivity index (χ4n) is 0.999. The van der Waals surface area contributed by atoms with Crippen molar-refractivity contribution in [3.8, 4) is 12.3 Å². The largest absolute Gasteiger partial charge is 0.368 e. The van der Waals surface area contributed by atoms with E-state index in [0.717, 1.165) is 12.1 Å². The Balaban J connectivity index is 2.61. The van der Waals surface area contributed by atoms with Gasteiger partial charge >= 0.3 is 0 Å². The zero-order chi connectivity index (χ0) is 10.6. The van der Waals surface area contributed by atoms with E-state index in [-0.39, 0.29) is 6.04 Å². The average molecular weight is 190 g/mol. The molecule has 1 aromatic heterocycles. The Morgan fingerprint density at radius 1 is 1.57 bits per heavy atom. The van der Waals surface area contributed by atoms with Crippen molar-refractivity contribution in [3.05, 3.63) is 18.0 Å². The van der Waals surface area contributed by atoms with Crippen LogP contribution in [0.4, 0.5) is 5.95 Å². The molecule has 0 radical (unpaired) electrons. The average Bonchev–Trinajstić information content (AvgIpc) is 2.20. The second kappa shape index (κ2) is 4.58. The molecule has 4 nitrogen and oxygen atoms in total. The van der Waals surface area contributed by atoms with Crippen LogP contribution in [0, 0.1) is 12.3 Å². The van der Waals surface area contributed by atoms with Crippen molar-refractivity contribution in [2.75, 3.05) is 12.8 Å². The first kappa shape index (κ1) is 10.5. The van der Waals surface area contributed by atoms with Crippen molar-refractivity contribution in [1.29, 1.82) is 0 Å². The van der Waals surface area contributed by atoms with E-state index >= 15 is 0 Å². The van der Waals surface area contributed by atoms with E-state index in [2.05, 4.69) is 15.9 Å². The normalized spacial score (nSPS) is 12.4. The van der Waals surface area contributed by atoms with Gasteiger partial charge in [0.2, 0.25) is 5.95 Å². The summed E-state index contributed by atoms with van der Waals surface area (Å²) in [7, 11) is 1.96. The van der Waals surface area contributed by atoms with E-state index in [1.165, 1.54) is 0 Å². The second-order valence-electron chi connectivity index (χ2n) is 3.21. The summed E-state index contributed by atoms with van der Waals surface area (Å²) in [5.41, 5.74) is 6.38. The Kier molecular flexibility index (Phi) is 3.43. The summed E-state index contributed by atoms with van der Waals surface area (Å²) in [5.74, 6) is 2.95. The third-order valence-electron chi connectivity index (χ3n) is 2.06. The lowest BCUT2D eigenvalue weighted by atomic mass is 10.2. The fraction of sp³-hybridized carbons (Fsp3) is 0.400. The Morgan fingerprint density at radius 3 is 2.64 bits per heavy atom. The number of hydrogen-bond donors (Lipinski definition) is 1. The van der Waals surface area contributed by atoms with Crippen LogP contribution in [0.25, 0.3) is 0 Å². The topological polar surface area (TPSA) is 55.0 Å². The lowest BCUT2D eigenvalue weighted by Gasteiger charge is -2.19. The van der Waals surface area contributed by atoms with E-state index in [4.69, 9.17) is 12.2 Å². The Morgan fingerprint density at radius 2 is 2.14 bits per heavy atom. The predicted molar refractivity (Wildman–Crippen MR) is 56.2 cm³/mol. The van der Waals surface area contributed by atoms with Crippen LogP contribution in [0.1, 0.15) is 12.5 Å². The summed E-state index contributed by atoms with van der Waals surface area (Å²) >= 11 is 0. The third-order valence-corrected chi connectivity index (χ3v) is 2.06. The molecule has 4 heteroatoms. The highest BCUT2D eigenvalue weighted by Gasteiger charge is 2.06. The van der Waals surface area contributed by atoms with Crippen LogP contribution < -0.4 is 5.73 Å². The molecule has 0 saturated carbocycles. The van der Waals surface area contributed by atoms with Gasteiger partial charge < -0.3 is 5.73 Å². The van der Waals surface area contributed by atoms with Gasteiger partial charge in [0.15, 0.2) is 0 Å². The quantitative estimate of drug-likeness (QED) is 0.706. The fourth-order valence-corrected chi connectivity index (χ4v) is 0.999. The van der Waals surface area contributed by atoms with Gasteiger partial charge in [0, 0.05) is 24.5 Å². The molecule has 74 valence electrons. The minimum absolute atomic E-state index is 0.104. The number of hydrogen-bond acceptors (Lipinski definition) is 4. The van der Waals surface area contributed by atoms with Crippen LogP contribution in [0.3, 0.4) is 0 Å². The van der Waals surface area contributed by atoms with Crippen molar-refractivity contribution < 1.29 is 0 Å². The molecule has 1 rings (SSSR count). The molecule has 0 amide bonds. The van der Waals surface area contributed by atoms with Crippen LogP contribution in [0.5, 0.6) is 0 Å². The summed E-state index contributed by atoms with van der Waals surface area (Å²) in [6, 6.07) is 0.104. The maximum atomic E-state index is 5.38. The van der Waals surface area contributed by atoms with Crippen molar-refractivity contribution in [1.82, 2.24) is 14.9 Å². The van der Waals surface area contributed by atoms with Gasteiger partial charge in [-0.3, -0.25) is 4.90 Å². The standard InChI is InChI=1S/C10H14N4/c1-4-8(2)14(3)7-9-5-12-10(11)13-6-9/h1,5-6,8H,7H2,2-3H3,(H2,11,12,13). The number of nitrogen functional groups attached to an aromatic ring is 1. The third kappa shape index (κ3) is 2.71. The first-order valence-corrected chi connectivity index (χ1v) is 4.36. The van der Waals surface area contributed by atoms with Crippen molar-refractivity contribution in [2.24, 2.45) is 0 Å². The first-order valence-electron chi connectivity index (χ1n) is 4.36. The molecule has 0 aliphatic rings. The van der Waals surface area contributed by atoms with Crippen LogP contribution in [-0.2, 0) is 6.54 Å². The molecule has 0 fully saturated rings. The minimum atomic E-state index is 0.104. The van der Waals surface area contributed by atoms with Gasteiger partial charge in [-0.2, -0.15) is 0 Å². The molecule has 1 aromatic rings. The van der Waals surface area contributed by atoms with Crippen LogP contribution in [-0.4, -0.2) is 28.0 Å². The summed E-state index contributed by atoms with van der Waals surface area (Å²) < 4.78 is 0. The number of nitrogens with two attached hydrogens (primary N) is 1. The van der Waals surface area contributed by atoms with E-state index in [1.807, 2.05) is 18.9 Å². The maximum Gasteiger partial charge on any atom is 0.219 e. The molecule has 0 spiro atoms. The van der Waals surface area contributed by atoms with Crippen molar-refractivity contribution in [3.63, 3.8) is 0 Å². The van der Waals surface area contributed by atoms with E-state index in [1.54, 1.807) is 12.4 Å². The summed E-state index contributed by atoms with van der Waals surface area (Å²) in [5, 5.41) is 0. The Bertz CT molecular complexity index is 325. The summed E-state index contributed by atoms with van der Waals surface area (Å²) in [6.07, 6.45) is 8.73. The highest BCUT2D eigenvalue weighted by Crippen LogP contribution is 2.03. The second-order valence-corrected chi connectivity index (χ2v) is 3.21. The van der Waals surface area contributed by atoms with Gasteiger partial charge in [-0.05, 0) is 14.0 Å². The number of anilines is 1. The Hall–Kier alpha value is -1.60. The number of terminal acetylenes is 1. The van der Waals surface area contributed by atoms with Crippen molar-refractivity contribution in [2.45, 2.75) is 19.5 Å². The zero-order valence-corrected chi connectivity index (χ0v) is 8.44.